The first kappa shape index (κ1) is 16.7. The standard InChI is InChI=1S/C14H21BrN2O3S/c1-10(16)11-4-3-7-17(9-11)21(18,19)14-8-12(20-2)5-6-13(14)15/h5-6,8,10-11H,3-4,7,9,16H2,1-2H3. The Balaban J connectivity index is 2.33. The summed E-state index contributed by atoms with van der Waals surface area (Å²) in [5, 5.41) is 0. The molecule has 0 aromatic heterocycles. The molecule has 1 saturated heterocycles. The van der Waals surface area contributed by atoms with Crippen molar-refractivity contribution in [1.29, 1.82) is 0 Å². The first-order valence-electron chi connectivity index (χ1n) is 6.95. The van der Waals surface area contributed by atoms with Crippen LogP contribution >= 0.6 is 15.9 Å². The minimum absolute atomic E-state index is 0.00301. The summed E-state index contributed by atoms with van der Waals surface area (Å²) in [7, 11) is -2.02. The van der Waals surface area contributed by atoms with E-state index in [9.17, 15) is 8.42 Å². The maximum atomic E-state index is 12.8. The molecule has 7 heteroatoms. The fourth-order valence-electron chi connectivity index (χ4n) is 2.57. The van der Waals surface area contributed by atoms with Gasteiger partial charge in [0, 0.05) is 29.7 Å². The van der Waals surface area contributed by atoms with Crippen LogP contribution in [-0.4, -0.2) is 39.0 Å². The van der Waals surface area contributed by atoms with Crippen LogP contribution in [-0.2, 0) is 10.0 Å². The van der Waals surface area contributed by atoms with Crippen molar-refractivity contribution in [2.24, 2.45) is 11.7 Å². The van der Waals surface area contributed by atoms with Crippen LogP contribution in [0.1, 0.15) is 19.8 Å². The maximum absolute atomic E-state index is 12.8. The molecule has 2 atom stereocenters. The van der Waals surface area contributed by atoms with Crippen LogP contribution in [0.3, 0.4) is 0 Å². The second kappa shape index (κ2) is 6.64. The van der Waals surface area contributed by atoms with Gasteiger partial charge < -0.3 is 10.5 Å². The topological polar surface area (TPSA) is 72.6 Å². The van der Waals surface area contributed by atoms with Gasteiger partial charge >= 0.3 is 0 Å². The largest absolute Gasteiger partial charge is 0.497 e. The number of nitrogens with zero attached hydrogens (tertiary/aromatic N) is 1. The predicted octanol–water partition coefficient (Wildman–Crippen LogP) is 2.21. The molecule has 5 nitrogen and oxygen atoms in total. The summed E-state index contributed by atoms with van der Waals surface area (Å²) in [6, 6.07) is 4.97. The predicted molar refractivity (Wildman–Crippen MR) is 85.8 cm³/mol. The lowest BCUT2D eigenvalue weighted by molar-refractivity contribution is 0.243. The Labute approximate surface area is 134 Å². The van der Waals surface area contributed by atoms with Crippen molar-refractivity contribution in [2.45, 2.75) is 30.7 Å². The van der Waals surface area contributed by atoms with Gasteiger partial charge in [0.25, 0.3) is 0 Å². The minimum Gasteiger partial charge on any atom is -0.497 e. The van der Waals surface area contributed by atoms with Crippen molar-refractivity contribution < 1.29 is 13.2 Å². The van der Waals surface area contributed by atoms with Gasteiger partial charge in [-0.05, 0) is 53.7 Å². The van der Waals surface area contributed by atoms with E-state index in [2.05, 4.69) is 15.9 Å². The second-order valence-corrected chi connectivity index (χ2v) is 8.18. The molecule has 1 aromatic carbocycles. The van der Waals surface area contributed by atoms with Crippen molar-refractivity contribution in [1.82, 2.24) is 4.31 Å². The van der Waals surface area contributed by atoms with Crippen LogP contribution in [0.5, 0.6) is 5.75 Å². The van der Waals surface area contributed by atoms with Crippen LogP contribution in [0.2, 0.25) is 0 Å². The minimum atomic E-state index is -3.54. The highest BCUT2D eigenvalue weighted by molar-refractivity contribution is 9.10. The first-order chi connectivity index (χ1) is 9.86. The van der Waals surface area contributed by atoms with Crippen molar-refractivity contribution in [2.75, 3.05) is 20.2 Å². The smallest absolute Gasteiger partial charge is 0.244 e. The molecule has 1 fully saturated rings. The number of hydrogen-bond donors (Lipinski definition) is 1. The van der Waals surface area contributed by atoms with Gasteiger partial charge in [-0.25, -0.2) is 8.42 Å². The lowest BCUT2D eigenvalue weighted by Gasteiger charge is -2.34. The summed E-state index contributed by atoms with van der Waals surface area (Å²) in [5.41, 5.74) is 5.94. The summed E-state index contributed by atoms with van der Waals surface area (Å²) >= 11 is 3.32. The van der Waals surface area contributed by atoms with Crippen molar-refractivity contribution >= 4 is 26.0 Å². The molecule has 0 spiro atoms. The Morgan fingerprint density at radius 2 is 2.19 bits per heavy atom. The summed E-state index contributed by atoms with van der Waals surface area (Å²) in [4.78, 5) is 0.243. The van der Waals surface area contributed by atoms with Crippen molar-refractivity contribution in [3.8, 4) is 5.75 Å². The van der Waals surface area contributed by atoms with Crippen LogP contribution in [0, 0.1) is 5.92 Å². The third-order valence-electron chi connectivity index (χ3n) is 3.92. The molecule has 1 aliphatic heterocycles. The summed E-state index contributed by atoms with van der Waals surface area (Å²) in [6.45, 7) is 2.95. The Morgan fingerprint density at radius 3 is 2.81 bits per heavy atom. The Kier molecular flexibility index (Phi) is 5.29. The molecule has 1 aromatic rings. The lowest BCUT2D eigenvalue weighted by Crippen LogP contribution is -2.45. The Hall–Kier alpha value is -0.630. The molecule has 0 amide bonds. The molecule has 2 unspecified atom stereocenters. The molecule has 0 saturated carbocycles. The monoisotopic (exact) mass is 376 g/mol. The van der Waals surface area contributed by atoms with E-state index < -0.39 is 10.0 Å². The van der Waals surface area contributed by atoms with Crippen LogP contribution in [0.15, 0.2) is 27.6 Å². The van der Waals surface area contributed by atoms with E-state index >= 15 is 0 Å². The van der Waals surface area contributed by atoms with E-state index in [1.54, 1.807) is 18.2 Å². The third-order valence-corrected chi connectivity index (χ3v) is 6.78. The average molecular weight is 377 g/mol. The van der Waals surface area contributed by atoms with Crippen molar-refractivity contribution in [3.63, 3.8) is 0 Å². The number of piperidine rings is 1. The van der Waals surface area contributed by atoms with E-state index in [1.807, 2.05) is 6.92 Å². The van der Waals surface area contributed by atoms with Gasteiger partial charge in [0.05, 0.1) is 7.11 Å². The number of ether oxygens (including phenoxy) is 1. The summed E-state index contributed by atoms with van der Waals surface area (Å²) in [5.74, 6) is 0.732. The molecule has 2 rings (SSSR count). The zero-order chi connectivity index (χ0) is 15.6. The number of methoxy groups -OCH3 is 1. The second-order valence-electron chi connectivity index (χ2n) is 5.42. The molecule has 1 heterocycles. The highest BCUT2D eigenvalue weighted by Crippen LogP contribution is 2.31. The van der Waals surface area contributed by atoms with Crippen LogP contribution < -0.4 is 10.5 Å². The molecular weight excluding hydrogens is 356 g/mol. The number of halogens is 1. The Bertz CT molecular complexity index is 604. The van der Waals surface area contributed by atoms with E-state index in [-0.39, 0.29) is 16.9 Å². The highest BCUT2D eigenvalue weighted by atomic mass is 79.9. The average Bonchev–Trinajstić information content (AvgIpc) is 2.47. The number of sulfonamides is 1. The van der Waals surface area contributed by atoms with E-state index in [0.717, 1.165) is 12.8 Å². The zero-order valence-electron chi connectivity index (χ0n) is 12.3. The van der Waals surface area contributed by atoms with E-state index in [0.29, 0.717) is 23.3 Å². The molecule has 0 bridgehead atoms. The molecular formula is C14H21BrN2O3S. The fraction of sp³-hybridized carbons (Fsp3) is 0.571. The normalized spacial score (nSPS) is 22.0. The van der Waals surface area contributed by atoms with Gasteiger partial charge in [-0.3, -0.25) is 0 Å². The summed E-state index contributed by atoms with van der Waals surface area (Å²) < 4.78 is 32.9. The molecule has 1 aliphatic rings. The van der Waals surface area contributed by atoms with E-state index in [1.165, 1.54) is 11.4 Å². The number of rotatable bonds is 4. The van der Waals surface area contributed by atoms with Crippen molar-refractivity contribution in [3.05, 3.63) is 22.7 Å². The number of nitrogens with two attached hydrogens (primary N) is 1. The van der Waals surface area contributed by atoms with Gasteiger partial charge in [-0.2, -0.15) is 4.31 Å². The molecule has 118 valence electrons. The van der Waals surface area contributed by atoms with E-state index in [4.69, 9.17) is 10.5 Å². The SMILES string of the molecule is COc1ccc(Br)c(S(=O)(=O)N2CCCC(C(C)N)C2)c1. The van der Waals surface area contributed by atoms with Gasteiger partial charge in [0.1, 0.15) is 10.6 Å². The van der Waals surface area contributed by atoms with Crippen LogP contribution in [0.4, 0.5) is 0 Å². The van der Waals surface area contributed by atoms with Gasteiger partial charge in [-0.15, -0.1) is 0 Å². The molecule has 21 heavy (non-hydrogen) atoms. The number of benzene rings is 1. The molecule has 2 N–H and O–H groups in total. The van der Waals surface area contributed by atoms with Crippen LogP contribution in [0.25, 0.3) is 0 Å². The fourth-order valence-corrected chi connectivity index (χ4v) is 5.04. The Morgan fingerprint density at radius 1 is 1.48 bits per heavy atom. The molecule has 0 aliphatic carbocycles. The maximum Gasteiger partial charge on any atom is 0.244 e. The van der Waals surface area contributed by atoms with Gasteiger partial charge in [0.15, 0.2) is 0 Å². The third kappa shape index (κ3) is 3.59. The van der Waals surface area contributed by atoms with Gasteiger partial charge in [0.2, 0.25) is 10.0 Å². The zero-order valence-corrected chi connectivity index (χ0v) is 14.7. The number of hydrogen-bond acceptors (Lipinski definition) is 4. The summed E-state index contributed by atoms with van der Waals surface area (Å²) in [6.07, 6.45) is 1.82. The first-order valence-corrected chi connectivity index (χ1v) is 9.19. The lowest BCUT2D eigenvalue weighted by atomic mass is 9.93. The van der Waals surface area contributed by atoms with Gasteiger partial charge in [-0.1, -0.05) is 0 Å². The molecule has 0 radical (unpaired) electrons. The highest BCUT2D eigenvalue weighted by Gasteiger charge is 2.32. The quantitative estimate of drug-likeness (QED) is 0.873.